The number of hydrogen-bond acceptors (Lipinski definition) is 11. The molecule has 160 valence electrons. The van der Waals surface area contributed by atoms with Crippen molar-refractivity contribution in [3.8, 4) is 0 Å². The number of amides is 2. The summed E-state index contributed by atoms with van der Waals surface area (Å²) in [5.74, 6) is -2.03. The first kappa shape index (κ1) is 24.1. The molecule has 1 heterocycles. The maximum absolute atomic E-state index is 11.9. The minimum absolute atomic E-state index is 0.0693. The molecule has 28 heavy (non-hydrogen) atoms. The highest BCUT2D eigenvalue weighted by atomic mass is 32.2. The normalized spacial score (nSPS) is 27.8. The van der Waals surface area contributed by atoms with E-state index in [1.807, 2.05) is 0 Å². The lowest BCUT2D eigenvalue weighted by Gasteiger charge is -2.38. The minimum atomic E-state index is -1.86. The monoisotopic (exact) mass is 425 g/mol. The van der Waals surface area contributed by atoms with E-state index in [4.69, 9.17) is 14.6 Å². The van der Waals surface area contributed by atoms with Crippen molar-refractivity contribution in [3.63, 3.8) is 0 Å². The molecule has 0 aromatic carbocycles. The van der Waals surface area contributed by atoms with Gasteiger partial charge in [0, 0.05) is 21.1 Å². The summed E-state index contributed by atoms with van der Waals surface area (Å²) < 4.78 is 9.99. The summed E-state index contributed by atoms with van der Waals surface area (Å²) in [6.45, 7) is -0.540. The number of carbonyl (C=O) groups is 3. The van der Waals surface area contributed by atoms with Gasteiger partial charge in [0.25, 0.3) is 5.91 Å². The number of ether oxygens (including phenoxy) is 2. The number of carboxylic acids is 1. The third-order valence-electron chi connectivity index (χ3n) is 3.55. The lowest BCUT2D eigenvalue weighted by molar-refractivity contribution is -0.299. The zero-order chi connectivity index (χ0) is 21.6. The topological polar surface area (TPSA) is 179 Å². The molecular weight excluding hydrogens is 402 g/mol. The largest absolute Gasteiger partial charge is 0.479 e. The second-order valence-electron chi connectivity index (χ2n) is 5.89. The Hall–Kier alpha value is -1.97. The molecule has 5 atom stereocenters. The standard InChI is InChI=1S/C14H23N3O10S/c1-16(2)11(21)10(28-4)15-27-14(24)17(3)5-25-13-8(20)6(18)7(19)9(26-13)12(22)23/h6-9,13,18-20H,5H2,1-4H3,(H,22,23)/b15-10+. The number of thioether (sulfide) groups is 1. The molecule has 5 unspecified atom stereocenters. The fraction of sp³-hybridized carbons (Fsp3) is 0.714. The zero-order valence-electron chi connectivity index (χ0n) is 15.6. The third kappa shape index (κ3) is 6.02. The SMILES string of the molecule is CS/C(=N/OC(=O)N(C)COC1OC(C(=O)O)C(O)C(O)C1O)C(=O)N(C)C. The van der Waals surface area contributed by atoms with E-state index < -0.39 is 55.4 Å². The Morgan fingerprint density at radius 1 is 1.11 bits per heavy atom. The van der Waals surface area contributed by atoms with Crippen molar-refractivity contribution in [2.24, 2.45) is 5.16 Å². The number of carbonyl (C=O) groups excluding carboxylic acids is 2. The van der Waals surface area contributed by atoms with Gasteiger partial charge in [-0.1, -0.05) is 5.16 Å². The highest BCUT2D eigenvalue weighted by molar-refractivity contribution is 8.15. The molecule has 14 heteroatoms. The summed E-state index contributed by atoms with van der Waals surface area (Å²) in [4.78, 5) is 41.4. The number of oxime groups is 1. The smallest absolute Gasteiger partial charge is 0.437 e. The molecule has 1 saturated heterocycles. The van der Waals surface area contributed by atoms with Crippen molar-refractivity contribution in [2.45, 2.75) is 30.7 Å². The molecule has 0 aromatic heterocycles. The number of aliphatic hydroxyl groups is 3. The van der Waals surface area contributed by atoms with Gasteiger partial charge in [0.1, 0.15) is 25.0 Å². The van der Waals surface area contributed by atoms with Gasteiger partial charge in [0.15, 0.2) is 12.4 Å². The number of carboxylic acid groups (broad SMARTS) is 1. The molecule has 0 aliphatic carbocycles. The molecule has 4 N–H and O–H groups in total. The molecule has 1 rings (SSSR count). The van der Waals surface area contributed by atoms with Crippen molar-refractivity contribution in [1.82, 2.24) is 9.80 Å². The Bertz CT molecular complexity index is 616. The van der Waals surface area contributed by atoms with E-state index in [0.717, 1.165) is 16.7 Å². The number of nitrogens with zero attached hydrogens (tertiary/aromatic N) is 3. The molecular formula is C14H23N3O10S. The van der Waals surface area contributed by atoms with Gasteiger partial charge in [-0.2, -0.15) is 0 Å². The Balaban J connectivity index is 2.65. The van der Waals surface area contributed by atoms with Crippen molar-refractivity contribution < 1.29 is 49.1 Å². The van der Waals surface area contributed by atoms with Crippen LogP contribution in [0.3, 0.4) is 0 Å². The second kappa shape index (κ2) is 10.5. The van der Waals surface area contributed by atoms with Gasteiger partial charge in [-0.3, -0.25) is 14.5 Å². The maximum Gasteiger partial charge on any atom is 0.437 e. The Morgan fingerprint density at radius 2 is 1.71 bits per heavy atom. The minimum Gasteiger partial charge on any atom is -0.479 e. The van der Waals surface area contributed by atoms with Crippen LogP contribution in [-0.4, -0.2) is 118 Å². The number of hydrogen-bond donors (Lipinski definition) is 4. The van der Waals surface area contributed by atoms with E-state index >= 15 is 0 Å². The molecule has 13 nitrogen and oxygen atoms in total. The van der Waals surface area contributed by atoms with Crippen molar-refractivity contribution in [1.29, 1.82) is 0 Å². The van der Waals surface area contributed by atoms with Gasteiger partial charge in [-0.15, -0.1) is 11.8 Å². The van der Waals surface area contributed by atoms with Crippen molar-refractivity contribution in [3.05, 3.63) is 0 Å². The van der Waals surface area contributed by atoms with Gasteiger partial charge in [-0.25, -0.2) is 9.59 Å². The second-order valence-corrected chi connectivity index (χ2v) is 6.68. The van der Waals surface area contributed by atoms with Crippen molar-refractivity contribution in [2.75, 3.05) is 34.1 Å². The van der Waals surface area contributed by atoms with Gasteiger partial charge < -0.3 is 34.8 Å². The zero-order valence-corrected chi connectivity index (χ0v) is 16.4. The predicted octanol–water partition coefficient (Wildman–Crippen LogP) is -2.31. The summed E-state index contributed by atoms with van der Waals surface area (Å²) in [6, 6.07) is 0. The summed E-state index contributed by atoms with van der Waals surface area (Å²) >= 11 is 0.971. The molecule has 1 aliphatic heterocycles. The average Bonchev–Trinajstić information content (AvgIpc) is 2.64. The highest BCUT2D eigenvalue weighted by Crippen LogP contribution is 2.22. The van der Waals surface area contributed by atoms with Crippen LogP contribution in [0.5, 0.6) is 0 Å². The highest BCUT2D eigenvalue weighted by Gasteiger charge is 2.47. The molecule has 2 amide bonds. The van der Waals surface area contributed by atoms with Crippen molar-refractivity contribution >= 4 is 34.8 Å². The summed E-state index contributed by atoms with van der Waals surface area (Å²) in [6.07, 6.45) is -8.35. The quantitative estimate of drug-likeness (QED) is 0.122. The van der Waals surface area contributed by atoms with Crippen LogP contribution >= 0.6 is 11.8 Å². The third-order valence-corrected chi connectivity index (χ3v) is 4.18. The summed E-state index contributed by atoms with van der Waals surface area (Å²) in [5, 5.41) is 41.5. The van der Waals surface area contributed by atoms with Gasteiger partial charge in [0.05, 0.1) is 0 Å². The Kier molecular flexibility index (Phi) is 9.06. The fourth-order valence-corrected chi connectivity index (χ4v) is 2.40. The van der Waals surface area contributed by atoms with Gasteiger partial charge in [-0.05, 0) is 6.26 Å². The molecule has 0 saturated carbocycles. The fourth-order valence-electron chi connectivity index (χ4n) is 1.93. The van der Waals surface area contributed by atoms with Crippen LogP contribution in [0.15, 0.2) is 5.16 Å². The van der Waals surface area contributed by atoms with Crippen LogP contribution < -0.4 is 0 Å². The van der Waals surface area contributed by atoms with E-state index in [2.05, 4.69) is 9.99 Å². The number of rotatable bonds is 5. The summed E-state index contributed by atoms with van der Waals surface area (Å²) in [5.41, 5.74) is 0. The first-order valence-corrected chi connectivity index (χ1v) is 9.03. The Morgan fingerprint density at radius 3 is 2.21 bits per heavy atom. The van der Waals surface area contributed by atoms with Crippen LogP contribution in [0.2, 0.25) is 0 Å². The van der Waals surface area contributed by atoms with Crippen LogP contribution in [0.25, 0.3) is 0 Å². The van der Waals surface area contributed by atoms with E-state index in [9.17, 15) is 29.7 Å². The molecule has 0 aromatic rings. The first-order chi connectivity index (χ1) is 13.0. The van der Waals surface area contributed by atoms with Crippen LogP contribution in [0, 0.1) is 0 Å². The average molecular weight is 425 g/mol. The molecule has 1 aliphatic rings. The van der Waals surface area contributed by atoms with Crippen LogP contribution in [0.1, 0.15) is 0 Å². The summed E-state index contributed by atoms with van der Waals surface area (Å²) in [7, 11) is 4.24. The van der Waals surface area contributed by atoms with E-state index in [0.29, 0.717) is 0 Å². The van der Waals surface area contributed by atoms with E-state index in [1.165, 1.54) is 26.0 Å². The molecule has 0 radical (unpaired) electrons. The molecule has 1 fully saturated rings. The van der Waals surface area contributed by atoms with E-state index in [-0.39, 0.29) is 5.04 Å². The van der Waals surface area contributed by atoms with Gasteiger partial charge in [0.2, 0.25) is 5.04 Å². The van der Waals surface area contributed by atoms with Gasteiger partial charge >= 0.3 is 12.1 Å². The molecule has 0 bridgehead atoms. The maximum atomic E-state index is 11.9. The van der Waals surface area contributed by atoms with Crippen LogP contribution in [0.4, 0.5) is 4.79 Å². The van der Waals surface area contributed by atoms with E-state index in [1.54, 1.807) is 6.26 Å². The lowest BCUT2D eigenvalue weighted by Crippen LogP contribution is -2.60. The first-order valence-electron chi connectivity index (χ1n) is 7.81. The van der Waals surface area contributed by atoms with Crippen LogP contribution in [-0.2, 0) is 23.9 Å². The molecule has 0 spiro atoms. The lowest BCUT2D eigenvalue weighted by atomic mass is 9.99. The number of aliphatic hydroxyl groups excluding tert-OH is 3. The Labute approximate surface area is 164 Å². The predicted molar refractivity (Wildman–Crippen MR) is 94.2 cm³/mol. The number of aliphatic carboxylic acids is 1.